The number of piperidine rings is 1. The van der Waals surface area contributed by atoms with Crippen LogP contribution in [0.2, 0.25) is 0 Å². The number of nitrogens with zero attached hydrogens (tertiary/aromatic N) is 4. The van der Waals surface area contributed by atoms with Gasteiger partial charge in [0.2, 0.25) is 5.91 Å². The van der Waals surface area contributed by atoms with Gasteiger partial charge in [-0.15, -0.1) is 0 Å². The van der Waals surface area contributed by atoms with Gasteiger partial charge in [0.1, 0.15) is 0 Å². The first-order chi connectivity index (χ1) is 13.8. The van der Waals surface area contributed by atoms with Gasteiger partial charge in [0.05, 0.1) is 5.60 Å². The summed E-state index contributed by atoms with van der Waals surface area (Å²) in [6, 6.07) is 1.49. The zero-order chi connectivity index (χ0) is 21.0. The molecule has 0 aliphatic carbocycles. The van der Waals surface area contributed by atoms with Gasteiger partial charge in [-0.2, -0.15) is 13.9 Å². The standard InChI is InChI=1S/C19H29F2N5O3/c1-14(27)22-15-3-9-24(10-4-15)13-19(29)6-2-8-25(12-7-19)17(28)16-5-11-26(23-16)18(20)21/h5,11,15,18,29H,2-4,6-10,12-13H2,1H3,(H,22,27). The molecule has 0 aromatic carbocycles. The average Bonchev–Trinajstić information content (AvgIpc) is 3.08. The normalized spacial score (nSPS) is 24.5. The van der Waals surface area contributed by atoms with Crippen LogP contribution in [-0.4, -0.2) is 80.9 Å². The van der Waals surface area contributed by atoms with E-state index in [-0.39, 0.29) is 23.6 Å². The van der Waals surface area contributed by atoms with Gasteiger partial charge < -0.3 is 20.2 Å². The fraction of sp³-hybridized carbons (Fsp3) is 0.737. The van der Waals surface area contributed by atoms with E-state index in [1.54, 1.807) is 4.90 Å². The number of carbonyl (C=O) groups excluding carboxylic acids is 2. The lowest BCUT2D eigenvalue weighted by molar-refractivity contribution is -0.120. The van der Waals surface area contributed by atoms with Gasteiger partial charge in [-0.05, 0) is 38.2 Å². The summed E-state index contributed by atoms with van der Waals surface area (Å²) in [6.45, 7) is 1.71. The first kappa shape index (κ1) is 21.6. The van der Waals surface area contributed by atoms with Crippen molar-refractivity contribution in [2.24, 2.45) is 0 Å². The van der Waals surface area contributed by atoms with Crippen molar-refractivity contribution in [2.75, 3.05) is 32.7 Å². The molecule has 3 heterocycles. The third kappa shape index (κ3) is 5.72. The molecule has 2 N–H and O–H groups in total. The van der Waals surface area contributed by atoms with Crippen LogP contribution in [0.15, 0.2) is 12.3 Å². The Morgan fingerprint density at radius 3 is 2.62 bits per heavy atom. The van der Waals surface area contributed by atoms with Crippen molar-refractivity contribution in [3.05, 3.63) is 18.0 Å². The Balaban J connectivity index is 1.52. The number of hydrogen-bond acceptors (Lipinski definition) is 5. The van der Waals surface area contributed by atoms with Gasteiger partial charge in [-0.1, -0.05) is 0 Å². The number of β-amino-alcohol motifs (C(OH)–C–C–N with tert-alkyl or cyclic N) is 1. The summed E-state index contributed by atoms with van der Waals surface area (Å²) in [5.41, 5.74) is -0.895. The first-order valence-electron chi connectivity index (χ1n) is 10.1. The molecule has 3 rings (SSSR count). The zero-order valence-electron chi connectivity index (χ0n) is 16.7. The van der Waals surface area contributed by atoms with E-state index in [0.29, 0.717) is 43.6 Å². The second kappa shape index (κ2) is 9.17. The lowest BCUT2D eigenvalue weighted by atomic mass is 9.93. The molecule has 2 fully saturated rings. The van der Waals surface area contributed by atoms with Crippen LogP contribution in [0.5, 0.6) is 0 Å². The second-order valence-electron chi connectivity index (χ2n) is 8.08. The summed E-state index contributed by atoms with van der Waals surface area (Å²) < 4.78 is 25.8. The Bertz CT molecular complexity index is 720. The van der Waals surface area contributed by atoms with E-state index in [9.17, 15) is 23.5 Å². The van der Waals surface area contributed by atoms with E-state index in [1.165, 1.54) is 13.0 Å². The highest BCUT2D eigenvalue weighted by atomic mass is 19.3. The maximum Gasteiger partial charge on any atom is 0.333 e. The van der Waals surface area contributed by atoms with E-state index in [2.05, 4.69) is 15.3 Å². The van der Waals surface area contributed by atoms with Gasteiger partial charge >= 0.3 is 6.55 Å². The molecule has 10 heteroatoms. The van der Waals surface area contributed by atoms with E-state index in [0.717, 1.165) is 32.1 Å². The van der Waals surface area contributed by atoms with Gasteiger partial charge in [-0.3, -0.25) is 9.59 Å². The highest BCUT2D eigenvalue weighted by Crippen LogP contribution is 2.26. The van der Waals surface area contributed by atoms with Crippen molar-refractivity contribution in [3.63, 3.8) is 0 Å². The minimum Gasteiger partial charge on any atom is -0.388 e. The van der Waals surface area contributed by atoms with Crippen molar-refractivity contribution in [1.82, 2.24) is 24.9 Å². The quantitative estimate of drug-likeness (QED) is 0.758. The molecular formula is C19H29F2N5O3. The molecule has 1 aromatic heterocycles. The molecule has 2 aliphatic rings. The van der Waals surface area contributed by atoms with Gasteiger partial charge in [0, 0.05) is 51.9 Å². The predicted octanol–water partition coefficient (Wildman–Crippen LogP) is 1.24. The molecule has 29 heavy (non-hydrogen) atoms. The largest absolute Gasteiger partial charge is 0.388 e. The Morgan fingerprint density at radius 2 is 2.00 bits per heavy atom. The Morgan fingerprint density at radius 1 is 1.28 bits per heavy atom. The third-order valence-corrected chi connectivity index (χ3v) is 5.74. The molecule has 2 amide bonds. The van der Waals surface area contributed by atoms with Crippen molar-refractivity contribution in [3.8, 4) is 0 Å². The number of hydrogen-bond donors (Lipinski definition) is 2. The lowest BCUT2D eigenvalue weighted by Gasteiger charge is -2.38. The van der Waals surface area contributed by atoms with Crippen LogP contribution in [0.25, 0.3) is 0 Å². The molecule has 2 aliphatic heterocycles. The van der Waals surface area contributed by atoms with Crippen LogP contribution in [0.3, 0.4) is 0 Å². The number of aliphatic hydroxyl groups is 1. The van der Waals surface area contributed by atoms with E-state index >= 15 is 0 Å². The second-order valence-corrected chi connectivity index (χ2v) is 8.08. The van der Waals surface area contributed by atoms with Crippen molar-refractivity contribution >= 4 is 11.8 Å². The highest BCUT2D eigenvalue weighted by molar-refractivity contribution is 5.92. The predicted molar refractivity (Wildman–Crippen MR) is 101 cm³/mol. The summed E-state index contributed by atoms with van der Waals surface area (Å²) >= 11 is 0. The summed E-state index contributed by atoms with van der Waals surface area (Å²) in [6.07, 6.45) is 4.45. The number of carbonyl (C=O) groups is 2. The molecule has 1 unspecified atom stereocenters. The molecular weight excluding hydrogens is 384 g/mol. The minimum atomic E-state index is -2.78. The van der Waals surface area contributed by atoms with Crippen molar-refractivity contribution < 1.29 is 23.5 Å². The SMILES string of the molecule is CC(=O)NC1CCN(CC2(O)CCCN(C(=O)c3ccn(C(F)F)n3)CC2)CC1. The Kier molecular flexibility index (Phi) is 6.84. The van der Waals surface area contributed by atoms with Gasteiger partial charge in [0.15, 0.2) is 5.69 Å². The summed E-state index contributed by atoms with van der Waals surface area (Å²) in [4.78, 5) is 27.6. The van der Waals surface area contributed by atoms with Crippen LogP contribution in [-0.2, 0) is 4.79 Å². The van der Waals surface area contributed by atoms with Gasteiger partial charge in [-0.25, -0.2) is 4.68 Å². The molecule has 1 aromatic rings. The fourth-order valence-corrected chi connectivity index (χ4v) is 4.20. The van der Waals surface area contributed by atoms with E-state index < -0.39 is 12.2 Å². The van der Waals surface area contributed by atoms with Crippen molar-refractivity contribution in [2.45, 2.75) is 57.2 Å². The topological polar surface area (TPSA) is 90.7 Å². The Labute approximate surface area is 168 Å². The maximum absolute atomic E-state index is 12.7. The first-order valence-corrected chi connectivity index (χ1v) is 10.1. The fourth-order valence-electron chi connectivity index (χ4n) is 4.20. The summed E-state index contributed by atoms with van der Waals surface area (Å²) in [7, 11) is 0. The molecule has 1 atom stereocenters. The number of amides is 2. The van der Waals surface area contributed by atoms with Crippen LogP contribution < -0.4 is 5.32 Å². The maximum atomic E-state index is 12.7. The average molecular weight is 413 g/mol. The molecule has 0 spiro atoms. The zero-order valence-corrected chi connectivity index (χ0v) is 16.7. The van der Waals surface area contributed by atoms with Gasteiger partial charge in [0.25, 0.3) is 5.91 Å². The number of likely N-dealkylation sites (tertiary alicyclic amines) is 2. The Hall–Kier alpha value is -2.07. The third-order valence-electron chi connectivity index (χ3n) is 5.74. The summed E-state index contributed by atoms with van der Waals surface area (Å²) in [5.74, 6) is -0.404. The number of aromatic nitrogens is 2. The summed E-state index contributed by atoms with van der Waals surface area (Å²) in [5, 5.41) is 17.7. The van der Waals surface area contributed by atoms with Crippen LogP contribution in [0.1, 0.15) is 56.1 Å². The number of halogens is 2. The molecule has 0 bridgehead atoms. The lowest BCUT2D eigenvalue weighted by Crippen LogP contribution is -2.50. The van der Waals surface area contributed by atoms with E-state index in [4.69, 9.17) is 0 Å². The molecule has 0 saturated carbocycles. The number of alkyl halides is 2. The smallest absolute Gasteiger partial charge is 0.333 e. The molecule has 0 radical (unpaired) electrons. The number of rotatable bonds is 5. The van der Waals surface area contributed by atoms with Crippen molar-refractivity contribution in [1.29, 1.82) is 0 Å². The molecule has 8 nitrogen and oxygen atoms in total. The van der Waals surface area contributed by atoms with Crippen LogP contribution in [0, 0.1) is 0 Å². The van der Waals surface area contributed by atoms with Crippen LogP contribution in [0.4, 0.5) is 8.78 Å². The monoisotopic (exact) mass is 413 g/mol. The highest BCUT2D eigenvalue weighted by Gasteiger charge is 2.35. The van der Waals surface area contributed by atoms with Crippen LogP contribution >= 0.6 is 0 Å². The molecule has 162 valence electrons. The number of nitrogens with one attached hydrogen (secondary N) is 1. The minimum absolute atomic E-state index is 0.00390. The van der Waals surface area contributed by atoms with E-state index in [1.807, 2.05) is 0 Å². The molecule has 2 saturated heterocycles.